The molecule has 0 saturated carbocycles. The van der Waals surface area contributed by atoms with Crippen LogP contribution in [0.15, 0.2) is 60.8 Å². The lowest BCUT2D eigenvalue weighted by Crippen LogP contribution is -2.35. The Morgan fingerprint density at radius 2 is 1.83 bits per heavy atom. The Labute approximate surface area is 175 Å². The Balaban J connectivity index is 1.58. The largest absolute Gasteiger partial charge is 0.360 e. The number of H-pyrrole nitrogens is 1. The number of aromatic amines is 1. The van der Waals surface area contributed by atoms with Crippen molar-refractivity contribution in [3.63, 3.8) is 0 Å². The fourth-order valence-corrected chi connectivity index (χ4v) is 4.17. The lowest BCUT2D eigenvalue weighted by molar-refractivity contribution is 0.791. The second kappa shape index (κ2) is 7.30. The van der Waals surface area contributed by atoms with Gasteiger partial charge in [0.05, 0.1) is 12.4 Å². The van der Waals surface area contributed by atoms with E-state index in [1.807, 2.05) is 0 Å². The van der Waals surface area contributed by atoms with Crippen LogP contribution in [-0.4, -0.2) is 26.0 Å². The molecule has 150 valence electrons. The number of rotatable bonds is 4. The molecule has 4 aromatic rings. The first-order valence-corrected chi connectivity index (χ1v) is 10.2. The van der Waals surface area contributed by atoms with Gasteiger partial charge in [0.2, 0.25) is 0 Å². The Morgan fingerprint density at radius 1 is 1.00 bits per heavy atom. The molecule has 0 aliphatic carbocycles. The number of benzene rings is 2. The zero-order chi connectivity index (χ0) is 20.7. The number of hydrogen-bond donors (Lipinski definition) is 2. The van der Waals surface area contributed by atoms with Crippen LogP contribution in [0.2, 0.25) is 0 Å². The van der Waals surface area contributed by atoms with Gasteiger partial charge >= 0.3 is 0 Å². The van der Waals surface area contributed by atoms with Crippen LogP contribution in [0.3, 0.4) is 0 Å². The molecular weight excluding hydrogens is 372 g/mol. The fraction of sp³-hybridized carbons (Fsp3) is 0.208. The maximum atomic E-state index is 4.45. The zero-order valence-electron chi connectivity index (χ0n) is 17.3. The van der Waals surface area contributed by atoms with Gasteiger partial charge in [-0.2, -0.15) is 0 Å². The predicted octanol–water partition coefficient (Wildman–Crippen LogP) is 4.83. The van der Waals surface area contributed by atoms with Gasteiger partial charge in [-0.1, -0.05) is 36.4 Å². The van der Waals surface area contributed by atoms with E-state index >= 15 is 0 Å². The lowest BCUT2D eigenvalue weighted by Gasteiger charge is -2.37. The van der Waals surface area contributed by atoms with Crippen LogP contribution in [0.4, 0.5) is 11.5 Å². The molecule has 2 N–H and O–H groups in total. The van der Waals surface area contributed by atoms with E-state index < -0.39 is 0 Å². The van der Waals surface area contributed by atoms with Crippen molar-refractivity contribution in [3.05, 3.63) is 83.1 Å². The van der Waals surface area contributed by atoms with Crippen LogP contribution < -0.4 is 10.2 Å². The number of hydrogen-bond acceptors (Lipinski definition) is 5. The van der Waals surface area contributed by atoms with Crippen LogP contribution in [-0.2, 0) is 6.54 Å². The Kier molecular flexibility index (Phi) is 4.47. The molecule has 0 saturated heterocycles. The molecule has 0 spiro atoms. The summed E-state index contributed by atoms with van der Waals surface area (Å²) in [6.07, 6.45) is 5.49. The predicted molar refractivity (Wildman–Crippen MR) is 121 cm³/mol. The number of nitrogens with one attached hydrogen (secondary N) is 2. The Morgan fingerprint density at radius 3 is 2.70 bits per heavy atom. The molecule has 0 amide bonds. The zero-order valence-corrected chi connectivity index (χ0v) is 17.3. The van der Waals surface area contributed by atoms with Crippen LogP contribution >= 0.6 is 0 Å². The van der Waals surface area contributed by atoms with Gasteiger partial charge < -0.3 is 15.2 Å². The molecule has 0 fully saturated rings. The summed E-state index contributed by atoms with van der Waals surface area (Å²) < 4.78 is 0. The molecule has 2 aromatic carbocycles. The molecule has 1 aliphatic heterocycles. The van der Waals surface area contributed by atoms with E-state index in [1.54, 1.807) is 12.7 Å². The maximum absolute atomic E-state index is 4.45. The summed E-state index contributed by atoms with van der Waals surface area (Å²) in [5.74, 6) is 0.755. The van der Waals surface area contributed by atoms with Crippen LogP contribution in [0, 0.1) is 13.8 Å². The van der Waals surface area contributed by atoms with Gasteiger partial charge in [0.1, 0.15) is 11.8 Å². The monoisotopic (exact) mass is 396 g/mol. The molecule has 6 nitrogen and oxygen atoms in total. The second-order valence-electron chi connectivity index (χ2n) is 7.77. The third-order valence-electron chi connectivity index (χ3n) is 5.80. The molecule has 5 rings (SSSR count). The SMILES string of the molecule is Cc1ccccc1N1Cc2c(C)cccc2C=C1C(C)Nc1ncnc2nc[nH]c12. The first-order chi connectivity index (χ1) is 14.6. The molecule has 1 atom stereocenters. The average molecular weight is 396 g/mol. The summed E-state index contributed by atoms with van der Waals surface area (Å²) in [4.78, 5) is 18.5. The summed E-state index contributed by atoms with van der Waals surface area (Å²) in [6, 6.07) is 15.1. The van der Waals surface area contributed by atoms with Gasteiger partial charge in [0.15, 0.2) is 11.5 Å². The van der Waals surface area contributed by atoms with Crippen molar-refractivity contribution in [3.8, 4) is 0 Å². The second-order valence-corrected chi connectivity index (χ2v) is 7.77. The highest BCUT2D eigenvalue weighted by molar-refractivity contribution is 5.83. The Bertz CT molecular complexity index is 1260. The molecular formula is C24H24N6. The van der Waals surface area contributed by atoms with E-state index in [0.29, 0.717) is 5.65 Å². The summed E-state index contributed by atoms with van der Waals surface area (Å²) in [6.45, 7) is 7.36. The van der Waals surface area contributed by atoms with Gasteiger partial charge in [-0.25, -0.2) is 15.0 Å². The van der Waals surface area contributed by atoms with E-state index in [4.69, 9.17) is 0 Å². The maximum Gasteiger partial charge on any atom is 0.182 e. The van der Waals surface area contributed by atoms with Crippen LogP contribution in [0.1, 0.15) is 29.2 Å². The number of aromatic nitrogens is 4. The number of aryl methyl sites for hydroxylation is 2. The smallest absolute Gasteiger partial charge is 0.182 e. The fourth-order valence-electron chi connectivity index (χ4n) is 4.17. The molecule has 0 radical (unpaired) electrons. The van der Waals surface area contributed by atoms with E-state index in [0.717, 1.165) is 17.9 Å². The van der Waals surface area contributed by atoms with E-state index in [-0.39, 0.29) is 6.04 Å². The van der Waals surface area contributed by atoms with Gasteiger partial charge in [-0.3, -0.25) is 0 Å². The third-order valence-corrected chi connectivity index (χ3v) is 5.80. The number of nitrogens with zero attached hydrogens (tertiary/aromatic N) is 4. The highest BCUT2D eigenvalue weighted by Crippen LogP contribution is 2.35. The molecule has 1 aliphatic rings. The molecule has 2 aromatic heterocycles. The molecule has 3 heterocycles. The topological polar surface area (TPSA) is 69.7 Å². The van der Waals surface area contributed by atoms with Crippen molar-refractivity contribution in [2.45, 2.75) is 33.4 Å². The molecule has 30 heavy (non-hydrogen) atoms. The minimum Gasteiger partial charge on any atom is -0.360 e. The minimum absolute atomic E-state index is 0.0275. The molecule has 0 bridgehead atoms. The summed E-state index contributed by atoms with van der Waals surface area (Å²) >= 11 is 0. The van der Waals surface area contributed by atoms with Gasteiger partial charge in [-0.05, 0) is 55.2 Å². The number of para-hydroxylation sites is 1. The van der Waals surface area contributed by atoms with Gasteiger partial charge in [0, 0.05) is 17.9 Å². The quantitative estimate of drug-likeness (QED) is 0.517. The standard InChI is InChI=1S/C24H24N6/c1-15-8-6-9-18-11-21(30(12-19(15)18)20-10-5-4-7-16(20)2)17(3)29-24-22-23(26-13-25-22)27-14-28-24/h4-11,13-14,17H,12H2,1-3H3,(H2,25,26,27,28,29). The Hall–Kier alpha value is -3.67. The van der Waals surface area contributed by atoms with Crippen molar-refractivity contribution in [1.82, 2.24) is 19.9 Å². The average Bonchev–Trinajstić information content (AvgIpc) is 3.24. The molecule has 1 unspecified atom stereocenters. The van der Waals surface area contributed by atoms with Crippen molar-refractivity contribution in [1.29, 1.82) is 0 Å². The first kappa shape index (κ1) is 18.4. The van der Waals surface area contributed by atoms with Crippen molar-refractivity contribution in [2.24, 2.45) is 0 Å². The van der Waals surface area contributed by atoms with Crippen LogP contribution in [0.5, 0.6) is 0 Å². The molecule has 6 heteroatoms. The van der Waals surface area contributed by atoms with Crippen molar-refractivity contribution < 1.29 is 0 Å². The number of anilines is 2. The van der Waals surface area contributed by atoms with E-state index in [2.05, 4.69) is 99.5 Å². The number of fused-ring (bicyclic) bond motifs is 2. The van der Waals surface area contributed by atoms with Gasteiger partial charge in [0.25, 0.3) is 0 Å². The highest BCUT2D eigenvalue weighted by Gasteiger charge is 2.26. The summed E-state index contributed by atoms with van der Waals surface area (Å²) in [5, 5.41) is 3.57. The third kappa shape index (κ3) is 3.10. The van der Waals surface area contributed by atoms with Gasteiger partial charge in [-0.15, -0.1) is 0 Å². The lowest BCUT2D eigenvalue weighted by atomic mass is 9.94. The first-order valence-electron chi connectivity index (χ1n) is 10.2. The van der Waals surface area contributed by atoms with Crippen LogP contribution in [0.25, 0.3) is 17.2 Å². The minimum atomic E-state index is 0.0275. The van der Waals surface area contributed by atoms with Crippen molar-refractivity contribution >= 4 is 28.7 Å². The van der Waals surface area contributed by atoms with E-state index in [9.17, 15) is 0 Å². The summed E-state index contributed by atoms with van der Waals surface area (Å²) in [7, 11) is 0. The summed E-state index contributed by atoms with van der Waals surface area (Å²) in [5.41, 5.74) is 9.12. The van der Waals surface area contributed by atoms with Crippen molar-refractivity contribution in [2.75, 3.05) is 10.2 Å². The van der Waals surface area contributed by atoms with E-state index in [1.165, 1.54) is 33.6 Å². The highest BCUT2D eigenvalue weighted by atomic mass is 15.2. The number of imidazole rings is 1. The normalized spacial score (nSPS) is 14.4.